The van der Waals surface area contributed by atoms with E-state index in [1.807, 2.05) is 0 Å². The molecule has 0 saturated carbocycles. The Hall–Kier alpha value is -3.04. The molecule has 168 valence electrons. The van der Waals surface area contributed by atoms with Gasteiger partial charge in [0.05, 0.1) is 7.11 Å². The third-order valence-corrected chi connectivity index (χ3v) is 8.20. The number of aromatic nitrogens is 1. The Kier molecular flexibility index (Phi) is 5.03. The van der Waals surface area contributed by atoms with Crippen LogP contribution in [0.25, 0.3) is 10.9 Å². The van der Waals surface area contributed by atoms with Crippen LogP contribution in [-0.2, 0) is 24.8 Å². The summed E-state index contributed by atoms with van der Waals surface area (Å²) < 4.78 is 5.64. The van der Waals surface area contributed by atoms with Crippen LogP contribution in [0.1, 0.15) is 34.4 Å². The van der Waals surface area contributed by atoms with Gasteiger partial charge in [-0.1, -0.05) is 54.6 Å². The van der Waals surface area contributed by atoms with Gasteiger partial charge in [0.15, 0.2) is 0 Å². The van der Waals surface area contributed by atoms with E-state index in [4.69, 9.17) is 4.74 Å². The summed E-state index contributed by atoms with van der Waals surface area (Å²) in [6.45, 7) is 5.54. The van der Waals surface area contributed by atoms with Gasteiger partial charge in [-0.25, -0.2) is 0 Å². The summed E-state index contributed by atoms with van der Waals surface area (Å²) in [6.07, 6.45) is 3.38. The van der Waals surface area contributed by atoms with Gasteiger partial charge < -0.3 is 9.72 Å². The Bertz CT molecular complexity index is 1290. The minimum atomic E-state index is 0.142. The number of aryl methyl sites for hydroxylation is 1. The molecule has 4 aromatic rings. The lowest BCUT2D eigenvalue weighted by molar-refractivity contribution is 0.0765. The van der Waals surface area contributed by atoms with Gasteiger partial charge in [0.1, 0.15) is 5.75 Å². The van der Waals surface area contributed by atoms with Crippen LogP contribution in [0.3, 0.4) is 0 Å². The first-order chi connectivity index (χ1) is 16.2. The second-order valence-electron chi connectivity index (χ2n) is 10.0. The van der Waals surface area contributed by atoms with Gasteiger partial charge in [-0.3, -0.25) is 4.90 Å². The highest BCUT2D eigenvalue weighted by molar-refractivity contribution is 5.88. The third-order valence-electron chi connectivity index (χ3n) is 8.20. The van der Waals surface area contributed by atoms with Crippen molar-refractivity contribution in [2.45, 2.75) is 38.1 Å². The molecule has 1 N–H and O–H groups in total. The molecule has 3 aromatic carbocycles. The molecule has 1 saturated heterocycles. The van der Waals surface area contributed by atoms with Crippen LogP contribution >= 0.6 is 0 Å². The summed E-state index contributed by atoms with van der Waals surface area (Å²) in [5.74, 6) is 1.54. The number of hydrogen-bond acceptors (Lipinski definition) is 2. The molecule has 3 heteroatoms. The summed E-state index contributed by atoms with van der Waals surface area (Å²) >= 11 is 0. The molecule has 1 aromatic heterocycles. The molecule has 0 bridgehead atoms. The zero-order valence-electron chi connectivity index (χ0n) is 19.6. The van der Waals surface area contributed by atoms with E-state index in [0.717, 1.165) is 38.2 Å². The minimum Gasteiger partial charge on any atom is -0.497 e. The van der Waals surface area contributed by atoms with Gasteiger partial charge >= 0.3 is 0 Å². The number of fused-ring (bicyclic) bond motifs is 4. The third kappa shape index (κ3) is 3.46. The zero-order chi connectivity index (χ0) is 22.4. The molecule has 1 aliphatic carbocycles. The number of likely N-dealkylation sites (tertiary alicyclic amines) is 1. The van der Waals surface area contributed by atoms with Gasteiger partial charge in [-0.2, -0.15) is 0 Å². The fourth-order valence-corrected chi connectivity index (χ4v) is 6.53. The van der Waals surface area contributed by atoms with E-state index in [2.05, 4.69) is 89.6 Å². The zero-order valence-corrected chi connectivity index (χ0v) is 19.6. The predicted molar refractivity (Wildman–Crippen MR) is 135 cm³/mol. The number of ether oxygens (including phenoxy) is 1. The number of methoxy groups -OCH3 is 1. The molecule has 0 spiro atoms. The molecule has 6 rings (SSSR count). The van der Waals surface area contributed by atoms with E-state index in [-0.39, 0.29) is 5.41 Å². The summed E-state index contributed by atoms with van der Waals surface area (Å²) in [7, 11) is 1.77. The van der Waals surface area contributed by atoms with E-state index in [0.29, 0.717) is 5.92 Å². The van der Waals surface area contributed by atoms with Crippen molar-refractivity contribution < 1.29 is 4.74 Å². The molecule has 0 radical (unpaired) electrons. The maximum absolute atomic E-state index is 5.64. The number of piperidine rings is 1. The van der Waals surface area contributed by atoms with Gasteiger partial charge in [0.25, 0.3) is 0 Å². The average molecular weight is 437 g/mol. The van der Waals surface area contributed by atoms with Crippen LogP contribution in [0.2, 0.25) is 0 Å². The number of H-pyrrole nitrogens is 1. The number of benzene rings is 3. The highest BCUT2D eigenvalue weighted by atomic mass is 16.5. The van der Waals surface area contributed by atoms with Crippen LogP contribution in [0.4, 0.5) is 0 Å². The smallest absolute Gasteiger partial charge is 0.119 e. The van der Waals surface area contributed by atoms with Crippen molar-refractivity contribution in [2.24, 2.45) is 5.92 Å². The molecule has 0 amide bonds. The molecular weight excluding hydrogens is 404 g/mol. The average Bonchev–Trinajstić information content (AvgIpc) is 3.21. The fraction of sp³-hybridized carbons (Fsp3) is 0.333. The maximum Gasteiger partial charge on any atom is 0.119 e. The van der Waals surface area contributed by atoms with E-state index in [1.165, 1.54) is 39.7 Å². The molecule has 2 aliphatic rings. The van der Waals surface area contributed by atoms with Crippen molar-refractivity contribution in [3.8, 4) is 5.75 Å². The van der Waals surface area contributed by atoms with Crippen LogP contribution in [-0.4, -0.2) is 30.1 Å². The summed E-state index contributed by atoms with van der Waals surface area (Å²) in [5.41, 5.74) is 8.65. The van der Waals surface area contributed by atoms with Crippen molar-refractivity contribution in [1.29, 1.82) is 0 Å². The van der Waals surface area contributed by atoms with Gasteiger partial charge in [-0.05, 0) is 79.1 Å². The minimum absolute atomic E-state index is 0.142. The second-order valence-corrected chi connectivity index (χ2v) is 10.0. The lowest BCUT2D eigenvalue weighted by Crippen LogP contribution is -2.53. The van der Waals surface area contributed by atoms with Crippen molar-refractivity contribution in [1.82, 2.24) is 9.88 Å². The monoisotopic (exact) mass is 436 g/mol. The van der Waals surface area contributed by atoms with Crippen LogP contribution in [0.15, 0.2) is 72.8 Å². The summed E-state index contributed by atoms with van der Waals surface area (Å²) in [4.78, 5) is 6.49. The van der Waals surface area contributed by atoms with Crippen molar-refractivity contribution in [3.05, 3.63) is 101 Å². The van der Waals surface area contributed by atoms with Crippen molar-refractivity contribution in [3.63, 3.8) is 0 Å². The Labute approximate surface area is 196 Å². The number of aromatic amines is 1. The van der Waals surface area contributed by atoms with Crippen molar-refractivity contribution >= 4 is 10.9 Å². The van der Waals surface area contributed by atoms with Crippen LogP contribution in [0, 0.1) is 12.8 Å². The van der Waals surface area contributed by atoms with E-state index >= 15 is 0 Å². The molecule has 3 nitrogen and oxygen atoms in total. The van der Waals surface area contributed by atoms with Gasteiger partial charge in [-0.15, -0.1) is 0 Å². The molecule has 2 heterocycles. The topological polar surface area (TPSA) is 28.3 Å². The fourth-order valence-electron chi connectivity index (χ4n) is 6.53. The Balaban J connectivity index is 1.42. The first-order valence-electron chi connectivity index (χ1n) is 12.2. The summed E-state index contributed by atoms with van der Waals surface area (Å²) in [6, 6.07) is 26.5. The first-order valence-corrected chi connectivity index (χ1v) is 12.2. The SMILES string of the molecule is COc1cccc(C23CCN(Cc4ccccc4)CC2Cc2c([nH]c4cccc(C)c24)C3)c1. The van der Waals surface area contributed by atoms with Crippen molar-refractivity contribution in [2.75, 3.05) is 20.2 Å². The van der Waals surface area contributed by atoms with Gasteiger partial charge in [0.2, 0.25) is 0 Å². The Morgan fingerprint density at radius 2 is 1.88 bits per heavy atom. The lowest BCUT2D eigenvalue weighted by Gasteiger charge is -2.51. The molecule has 1 fully saturated rings. The lowest BCUT2D eigenvalue weighted by atomic mass is 9.58. The number of nitrogens with zero attached hydrogens (tertiary/aromatic N) is 1. The molecular formula is C30H32N2O. The van der Waals surface area contributed by atoms with Crippen LogP contribution < -0.4 is 4.74 Å². The largest absolute Gasteiger partial charge is 0.497 e. The van der Waals surface area contributed by atoms with Gasteiger partial charge in [0, 0.05) is 35.1 Å². The molecule has 1 aliphatic heterocycles. The summed E-state index contributed by atoms with van der Waals surface area (Å²) in [5, 5.41) is 1.45. The molecule has 33 heavy (non-hydrogen) atoms. The predicted octanol–water partition coefficient (Wildman–Crippen LogP) is 6.04. The molecule has 2 atom stereocenters. The number of rotatable bonds is 4. The Morgan fingerprint density at radius 1 is 1.03 bits per heavy atom. The van der Waals surface area contributed by atoms with Crippen LogP contribution in [0.5, 0.6) is 5.75 Å². The number of hydrogen-bond donors (Lipinski definition) is 1. The van der Waals surface area contributed by atoms with E-state index in [1.54, 1.807) is 12.7 Å². The van der Waals surface area contributed by atoms with E-state index in [9.17, 15) is 0 Å². The molecule has 2 unspecified atom stereocenters. The number of nitrogens with one attached hydrogen (secondary N) is 1. The second kappa shape index (κ2) is 8.07. The normalized spacial score (nSPS) is 22.7. The van der Waals surface area contributed by atoms with E-state index < -0.39 is 0 Å². The first kappa shape index (κ1) is 20.6. The maximum atomic E-state index is 5.64. The quantitative estimate of drug-likeness (QED) is 0.422. The highest BCUT2D eigenvalue weighted by Crippen LogP contribution is 2.50. The highest BCUT2D eigenvalue weighted by Gasteiger charge is 2.48. The standard InChI is InChI=1S/C30H32N2O/c1-21-8-6-13-27-29(21)26-17-24-20-32(19-22-9-4-3-5-10-22)15-14-30(24,18-28(26)31-27)23-11-7-12-25(16-23)33-2/h3-13,16,24,31H,14-15,17-20H2,1-2H3. The Morgan fingerprint density at radius 3 is 2.73 bits per heavy atom.